The van der Waals surface area contributed by atoms with E-state index in [-0.39, 0.29) is 18.2 Å². The van der Waals surface area contributed by atoms with Crippen LogP contribution in [0.5, 0.6) is 0 Å². The van der Waals surface area contributed by atoms with Crippen molar-refractivity contribution in [1.29, 1.82) is 0 Å². The van der Waals surface area contributed by atoms with Crippen molar-refractivity contribution in [2.24, 2.45) is 0 Å². The number of benzene rings is 1. The molecular formula is C14H9IN2O3S. The van der Waals surface area contributed by atoms with E-state index < -0.39 is 5.76 Å². The summed E-state index contributed by atoms with van der Waals surface area (Å²) in [6.07, 6.45) is 0. The van der Waals surface area contributed by atoms with Crippen LogP contribution in [0.4, 0.5) is 0 Å². The molecule has 0 amide bonds. The van der Waals surface area contributed by atoms with Gasteiger partial charge in [-0.1, -0.05) is 18.2 Å². The Morgan fingerprint density at radius 3 is 2.71 bits per heavy atom. The molecule has 21 heavy (non-hydrogen) atoms. The summed E-state index contributed by atoms with van der Waals surface area (Å²) in [4.78, 5) is 24.6. The molecule has 0 saturated carbocycles. The highest BCUT2D eigenvalue weighted by Crippen LogP contribution is 2.21. The lowest BCUT2D eigenvalue weighted by atomic mass is 10.1. The first-order valence-electron chi connectivity index (χ1n) is 6.04. The fourth-order valence-corrected chi connectivity index (χ4v) is 2.77. The Kier molecular flexibility index (Phi) is 4.02. The van der Waals surface area contributed by atoms with Crippen LogP contribution in [0.2, 0.25) is 0 Å². The van der Waals surface area contributed by atoms with Gasteiger partial charge in [0.15, 0.2) is 5.78 Å². The number of thiophene rings is 1. The second-order valence-electron chi connectivity index (χ2n) is 4.24. The van der Waals surface area contributed by atoms with Crippen LogP contribution in [0, 0.1) is 3.57 Å². The van der Waals surface area contributed by atoms with E-state index in [1.807, 2.05) is 23.6 Å². The molecule has 0 aliphatic heterocycles. The van der Waals surface area contributed by atoms with Gasteiger partial charge < -0.3 is 4.42 Å². The average molecular weight is 412 g/mol. The molecule has 0 radical (unpaired) electrons. The Balaban J connectivity index is 1.83. The molecule has 0 N–H and O–H groups in total. The monoisotopic (exact) mass is 412 g/mol. The van der Waals surface area contributed by atoms with Crippen molar-refractivity contribution in [1.82, 2.24) is 9.78 Å². The van der Waals surface area contributed by atoms with Gasteiger partial charge in [-0.05, 0) is 46.2 Å². The SMILES string of the molecule is O=C(Cn1nc(-c2cccs2)oc1=O)c1ccc(I)cc1. The maximum Gasteiger partial charge on any atom is 0.437 e. The molecule has 0 saturated heterocycles. The van der Waals surface area contributed by atoms with Gasteiger partial charge in [0.1, 0.15) is 6.54 Å². The third-order valence-corrected chi connectivity index (χ3v) is 4.37. The van der Waals surface area contributed by atoms with Crippen LogP contribution in [0.15, 0.2) is 51.0 Å². The molecule has 2 heterocycles. The second-order valence-corrected chi connectivity index (χ2v) is 6.43. The van der Waals surface area contributed by atoms with Gasteiger partial charge in [0.25, 0.3) is 5.89 Å². The van der Waals surface area contributed by atoms with Gasteiger partial charge in [-0.15, -0.1) is 16.4 Å². The predicted molar refractivity (Wildman–Crippen MR) is 87.6 cm³/mol. The maximum absolute atomic E-state index is 12.1. The summed E-state index contributed by atoms with van der Waals surface area (Å²) in [6, 6.07) is 10.8. The fourth-order valence-electron chi connectivity index (χ4n) is 1.77. The number of ketones is 1. The molecule has 1 aromatic carbocycles. The Morgan fingerprint density at radius 2 is 2.05 bits per heavy atom. The molecule has 0 bridgehead atoms. The number of hydrogen-bond donors (Lipinski definition) is 0. The number of nitrogens with zero attached hydrogens (tertiary/aromatic N) is 2. The summed E-state index contributed by atoms with van der Waals surface area (Å²) < 4.78 is 7.16. The van der Waals surface area contributed by atoms with E-state index in [9.17, 15) is 9.59 Å². The van der Waals surface area contributed by atoms with Crippen molar-refractivity contribution in [2.45, 2.75) is 6.54 Å². The maximum atomic E-state index is 12.1. The third-order valence-electron chi connectivity index (χ3n) is 2.80. The molecule has 106 valence electrons. The van der Waals surface area contributed by atoms with Crippen molar-refractivity contribution in [3.05, 3.63) is 61.5 Å². The van der Waals surface area contributed by atoms with E-state index in [4.69, 9.17) is 4.42 Å². The molecule has 3 aromatic rings. The standard InChI is InChI=1S/C14H9IN2O3S/c15-10-5-3-9(4-6-10)11(18)8-17-14(19)20-13(16-17)12-2-1-7-21-12/h1-7H,8H2. The van der Waals surface area contributed by atoms with Gasteiger partial charge in [-0.25, -0.2) is 4.79 Å². The number of hydrogen-bond acceptors (Lipinski definition) is 5. The largest absolute Gasteiger partial charge is 0.437 e. The molecule has 0 aliphatic carbocycles. The molecule has 7 heteroatoms. The minimum absolute atomic E-state index is 0.131. The van der Waals surface area contributed by atoms with Gasteiger partial charge in [0, 0.05) is 9.13 Å². The summed E-state index contributed by atoms with van der Waals surface area (Å²) in [5.74, 6) is -0.567. The zero-order valence-corrected chi connectivity index (χ0v) is 13.6. The molecule has 0 unspecified atom stereocenters. The lowest BCUT2D eigenvalue weighted by molar-refractivity contribution is 0.0965. The first-order chi connectivity index (χ1) is 10.1. The number of aromatic nitrogens is 2. The van der Waals surface area contributed by atoms with E-state index in [0.717, 1.165) is 13.1 Å². The van der Waals surface area contributed by atoms with E-state index in [1.165, 1.54) is 11.3 Å². The highest BCUT2D eigenvalue weighted by molar-refractivity contribution is 14.1. The Morgan fingerprint density at radius 1 is 1.29 bits per heavy atom. The number of carbonyl (C=O) groups excluding carboxylic acids is 1. The Bertz CT molecular complexity index is 819. The molecule has 0 atom stereocenters. The van der Waals surface area contributed by atoms with Crippen LogP contribution in [0.1, 0.15) is 10.4 Å². The Hall–Kier alpha value is -1.74. The molecule has 2 aromatic heterocycles. The van der Waals surface area contributed by atoms with Crippen molar-refractivity contribution in [2.75, 3.05) is 0 Å². The van der Waals surface area contributed by atoms with Crippen LogP contribution >= 0.6 is 33.9 Å². The van der Waals surface area contributed by atoms with Crippen LogP contribution in [0.25, 0.3) is 10.8 Å². The summed E-state index contributed by atoms with van der Waals surface area (Å²) >= 11 is 3.59. The molecule has 0 aliphatic rings. The van der Waals surface area contributed by atoms with Crippen LogP contribution in [-0.4, -0.2) is 15.6 Å². The van der Waals surface area contributed by atoms with Crippen molar-refractivity contribution < 1.29 is 9.21 Å². The van der Waals surface area contributed by atoms with Gasteiger partial charge >= 0.3 is 5.76 Å². The number of carbonyl (C=O) groups is 1. The van der Waals surface area contributed by atoms with E-state index in [1.54, 1.807) is 18.2 Å². The highest BCUT2D eigenvalue weighted by Gasteiger charge is 2.14. The lowest BCUT2D eigenvalue weighted by Gasteiger charge is -1.99. The fraction of sp³-hybridized carbons (Fsp3) is 0.0714. The minimum Gasteiger partial charge on any atom is -0.387 e. The normalized spacial score (nSPS) is 10.7. The van der Waals surface area contributed by atoms with Crippen LogP contribution in [-0.2, 0) is 6.54 Å². The minimum atomic E-state index is -0.628. The zero-order valence-electron chi connectivity index (χ0n) is 10.7. The van der Waals surface area contributed by atoms with Crippen molar-refractivity contribution >= 4 is 39.7 Å². The summed E-state index contributed by atoms with van der Waals surface area (Å²) in [5.41, 5.74) is 0.544. The Labute approximate surface area is 137 Å². The molecular weight excluding hydrogens is 403 g/mol. The topological polar surface area (TPSA) is 65.1 Å². The summed E-state index contributed by atoms with van der Waals surface area (Å²) in [7, 11) is 0. The zero-order chi connectivity index (χ0) is 14.8. The van der Waals surface area contributed by atoms with Gasteiger partial charge in [-0.3, -0.25) is 4.79 Å². The van der Waals surface area contributed by atoms with E-state index in [0.29, 0.717) is 5.56 Å². The van der Waals surface area contributed by atoms with Crippen LogP contribution in [0.3, 0.4) is 0 Å². The van der Waals surface area contributed by atoms with Gasteiger partial charge in [0.05, 0.1) is 4.88 Å². The number of halogens is 1. The highest BCUT2D eigenvalue weighted by atomic mass is 127. The smallest absolute Gasteiger partial charge is 0.387 e. The average Bonchev–Trinajstić information content (AvgIpc) is 3.10. The first-order valence-corrected chi connectivity index (χ1v) is 8.00. The van der Waals surface area contributed by atoms with E-state index >= 15 is 0 Å². The van der Waals surface area contributed by atoms with Gasteiger partial charge in [0.2, 0.25) is 0 Å². The number of rotatable bonds is 4. The molecule has 5 nitrogen and oxygen atoms in total. The quantitative estimate of drug-likeness (QED) is 0.488. The second kappa shape index (κ2) is 5.94. The van der Waals surface area contributed by atoms with Gasteiger partial charge in [-0.2, -0.15) is 4.68 Å². The van der Waals surface area contributed by atoms with Crippen molar-refractivity contribution in [3.8, 4) is 10.8 Å². The predicted octanol–water partition coefficient (Wildman–Crippen LogP) is 3.05. The summed E-state index contributed by atoms with van der Waals surface area (Å²) in [6.45, 7) is -0.131. The summed E-state index contributed by atoms with van der Waals surface area (Å²) in [5, 5.41) is 5.93. The third kappa shape index (κ3) is 3.13. The lowest BCUT2D eigenvalue weighted by Crippen LogP contribution is -2.21. The van der Waals surface area contributed by atoms with Crippen molar-refractivity contribution in [3.63, 3.8) is 0 Å². The number of Topliss-reactive ketones (excluding diaryl/α,β-unsaturated/α-hetero) is 1. The molecule has 0 spiro atoms. The van der Waals surface area contributed by atoms with Crippen LogP contribution < -0.4 is 5.76 Å². The van der Waals surface area contributed by atoms with E-state index in [2.05, 4.69) is 27.7 Å². The first kappa shape index (κ1) is 14.2. The molecule has 0 fully saturated rings. The molecule has 3 rings (SSSR count).